The van der Waals surface area contributed by atoms with E-state index in [9.17, 15) is 4.79 Å². The third-order valence-corrected chi connectivity index (χ3v) is 4.43. The highest BCUT2D eigenvalue weighted by atomic mass is 35.5. The van der Waals surface area contributed by atoms with E-state index in [-0.39, 0.29) is 11.3 Å². The Kier molecular flexibility index (Phi) is 3.02. The molecule has 1 aromatic rings. The highest BCUT2D eigenvalue weighted by molar-refractivity contribution is 6.35. The molecule has 0 aromatic heterocycles. The van der Waals surface area contributed by atoms with Gasteiger partial charge in [0.05, 0.1) is 0 Å². The third kappa shape index (κ3) is 1.66. The second-order valence-electron chi connectivity index (χ2n) is 4.62. The quantitative estimate of drug-likeness (QED) is 0.764. The van der Waals surface area contributed by atoms with Crippen LogP contribution < -0.4 is 0 Å². The van der Waals surface area contributed by atoms with Crippen LogP contribution in [0.25, 0.3) is 0 Å². The van der Waals surface area contributed by atoms with E-state index in [0.29, 0.717) is 22.2 Å². The molecule has 1 fully saturated rings. The summed E-state index contributed by atoms with van der Waals surface area (Å²) in [5.41, 5.74) is 0.812. The Balaban J connectivity index is 2.36. The summed E-state index contributed by atoms with van der Waals surface area (Å²) in [7, 11) is 0. The zero-order valence-electron chi connectivity index (χ0n) is 9.39. The van der Waals surface area contributed by atoms with Crippen LogP contribution in [0, 0.1) is 5.41 Å². The molecular formula is C13H14Cl2O. The highest BCUT2D eigenvalue weighted by Crippen LogP contribution is 2.53. The van der Waals surface area contributed by atoms with E-state index in [4.69, 9.17) is 23.2 Å². The molecular weight excluding hydrogens is 243 g/mol. The summed E-state index contributed by atoms with van der Waals surface area (Å²) in [6, 6.07) is 5.52. The standard InChI is InChI=1S/C13H14Cl2O/c1-3-13(2)10(7-12(13)16)9-5-4-8(14)6-11(9)15/h4-6,10H,3,7H2,1-2H3. The van der Waals surface area contributed by atoms with Gasteiger partial charge in [0.15, 0.2) is 0 Å². The smallest absolute Gasteiger partial charge is 0.140 e. The number of benzene rings is 1. The fourth-order valence-electron chi connectivity index (χ4n) is 2.39. The van der Waals surface area contributed by atoms with Crippen LogP contribution in [-0.2, 0) is 4.79 Å². The van der Waals surface area contributed by atoms with E-state index in [1.165, 1.54) is 0 Å². The summed E-state index contributed by atoms with van der Waals surface area (Å²) < 4.78 is 0. The molecule has 0 aliphatic heterocycles. The van der Waals surface area contributed by atoms with Gasteiger partial charge in [0.25, 0.3) is 0 Å². The Hall–Kier alpha value is -0.530. The minimum Gasteiger partial charge on any atom is -0.299 e. The van der Waals surface area contributed by atoms with Crippen molar-refractivity contribution in [3.05, 3.63) is 33.8 Å². The van der Waals surface area contributed by atoms with Crippen molar-refractivity contribution >= 4 is 29.0 Å². The molecule has 1 nitrogen and oxygen atoms in total. The average molecular weight is 257 g/mol. The van der Waals surface area contributed by atoms with Crippen molar-refractivity contribution < 1.29 is 4.79 Å². The number of hydrogen-bond acceptors (Lipinski definition) is 1. The van der Waals surface area contributed by atoms with Gasteiger partial charge in [0.1, 0.15) is 5.78 Å². The van der Waals surface area contributed by atoms with Crippen molar-refractivity contribution in [3.8, 4) is 0 Å². The number of ketones is 1. The monoisotopic (exact) mass is 256 g/mol. The van der Waals surface area contributed by atoms with E-state index in [1.807, 2.05) is 26.0 Å². The van der Waals surface area contributed by atoms with Gasteiger partial charge in [-0.15, -0.1) is 0 Å². The Morgan fingerprint density at radius 3 is 2.62 bits per heavy atom. The third-order valence-electron chi connectivity index (χ3n) is 3.87. The van der Waals surface area contributed by atoms with Gasteiger partial charge in [0, 0.05) is 27.8 Å². The first-order valence-electron chi connectivity index (χ1n) is 5.47. The summed E-state index contributed by atoms with van der Waals surface area (Å²) in [6.45, 7) is 4.07. The minimum absolute atomic E-state index is 0.239. The lowest BCUT2D eigenvalue weighted by molar-refractivity contribution is -0.139. The molecule has 0 amide bonds. The average Bonchev–Trinajstić information content (AvgIpc) is 2.26. The first kappa shape index (κ1) is 11.9. The van der Waals surface area contributed by atoms with Crippen molar-refractivity contribution in [3.63, 3.8) is 0 Å². The van der Waals surface area contributed by atoms with Gasteiger partial charge >= 0.3 is 0 Å². The largest absolute Gasteiger partial charge is 0.299 e. The molecule has 1 aliphatic rings. The molecule has 86 valence electrons. The molecule has 0 heterocycles. The number of rotatable bonds is 2. The maximum atomic E-state index is 11.7. The van der Waals surface area contributed by atoms with E-state index >= 15 is 0 Å². The van der Waals surface area contributed by atoms with Crippen LogP contribution in [0.5, 0.6) is 0 Å². The van der Waals surface area contributed by atoms with Gasteiger partial charge in [-0.2, -0.15) is 0 Å². The molecule has 16 heavy (non-hydrogen) atoms. The van der Waals surface area contributed by atoms with Gasteiger partial charge in [-0.3, -0.25) is 4.79 Å². The fourth-order valence-corrected chi connectivity index (χ4v) is 2.93. The number of Topliss-reactive ketones (excluding diaryl/α,β-unsaturated/α-hetero) is 1. The predicted molar refractivity (Wildman–Crippen MR) is 67.2 cm³/mol. The lowest BCUT2D eigenvalue weighted by atomic mass is 9.56. The van der Waals surface area contributed by atoms with E-state index in [1.54, 1.807) is 6.07 Å². The second kappa shape index (κ2) is 4.05. The van der Waals surface area contributed by atoms with Crippen LogP contribution in [-0.4, -0.2) is 5.78 Å². The molecule has 0 N–H and O–H groups in total. The van der Waals surface area contributed by atoms with Gasteiger partial charge < -0.3 is 0 Å². The topological polar surface area (TPSA) is 17.1 Å². The molecule has 0 bridgehead atoms. The number of hydrogen-bond donors (Lipinski definition) is 0. The van der Waals surface area contributed by atoms with Crippen LogP contribution in [0.15, 0.2) is 18.2 Å². The zero-order chi connectivity index (χ0) is 11.9. The maximum absolute atomic E-state index is 11.7. The van der Waals surface area contributed by atoms with Gasteiger partial charge in [0.2, 0.25) is 0 Å². The van der Waals surface area contributed by atoms with Crippen molar-refractivity contribution in [1.29, 1.82) is 0 Å². The van der Waals surface area contributed by atoms with Crippen molar-refractivity contribution in [2.24, 2.45) is 5.41 Å². The Bertz CT molecular complexity index is 442. The van der Waals surface area contributed by atoms with E-state index in [2.05, 4.69) is 0 Å². The molecule has 0 radical (unpaired) electrons. The first-order chi connectivity index (χ1) is 7.49. The van der Waals surface area contributed by atoms with Crippen molar-refractivity contribution in [1.82, 2.24) is 0 Å². The molecule has 1 aromatic carbocycles. The molecule has 2 unspecified atom stereocenters. The van der Waals surface area contributed by atoms with Gasteiger partial charge in [-0.25, -0.2) is 0 Å². The first-order valence-corrected chi connectivity index (χ1v) is 6.23. The number of halogens is 2. The summed E-state index contributed by atoms with van der Waals surface area (Å²) in [6.07, 6.45) is 1.46. The van der Waals surface area contributed by atoms with Crippen molar-refractivity contribution in [2.75, 3.05) is 0 Å². The highest BCUT2D eigenvalue weighted by Gasteiger charge is 2.50. The molecule has 2 atom stereocenters. The van der Waals surface area contributed by atoms with Gasteiger partial charge in [-0.05, 0) is 24.1 Å². The maximum Gasteiger partial charge on any atom is 0.140 e. The molecule has 1 saturated carbocycles. The minimum atomic E-state index is -0.239. The summed E-state index contributed by atoms with van der Waals surface area (Å²) in [5, 5.41) is 1.31. The van der Waals surface area contributed by atoms with E-state index in [0.717, 1.165) is 12.0 Å². The molecule has 2 rings (SSSR count). The van der Waals surface area contributed by atoms with Crippen LogP contribution in [0.4, 0.5) is 0 Å². The zero-order valence-corrected chi connectivity index (χ0v) is 10.9. The summed E-state index contributed by atoms with van der Waals surface area (Å²) in [5.74, 6) is 0.584. The fraction of sp³-hybridized carbons (Fsp3) is 0.462. The Morgan fingerprint density at radius 2 is 2.12 bits per heavy atom. The number of carbonyl (C=O) groups is 1. The molecule has 0 spiro atoms. The summed E-state index contributed by atoms with van der Waals surface area (Å²) in [4.78, 5) is 11.7. The van der Waals surface area contributed by atoms with Crippen molar-refractivity contribution in [2.45, 2.75) is 32.6 Å². The van der Waals surface area contributed by atoms with E-state index < -0.39 is 0 Å². The predicted octanol–water partition coefficient (Wildman–Crippen LogP) is 4.47. The van der Waals surface area contributed by atoms with Crippen LogP contribution in [0.1, 0.15) is 38.2 Å². The van der Waals surface area contributed by atoms with Crippen LogP contribution in [0.3, 0.4) is 0 Å². The lowest BCUT2D eigenvalue weighted by Gasteiger charge is -2.45. The SMILES string of the molecule is CCC1(C)C(=O)CC1c1ccc(Cl)cc1Cl. The second-order valence-corrected chi connectivity index (χ2v) is 5.46. The van der Waals surface area contributed by atoms with Crippen LogP contribution >= 0.6 is 23.2 Å². The van der Waals surface area contributed by atoms with Gasteiger partial charge in [-0.1, -0.05) is 43.1 Å². The normalized spacial score (nSPS) is 29.0. The molecule has 3 heteroatoms. The van der Waals surface area contributed by atoms with Crippen LogP contribution in [0.2, 0.25) is 10.0 Å². The Morgan fingerprint density at radius 1 is 1.44 bits per heavy atom. The summed E-state index contributed by atoms with van der Waals surface area (Å²) >= 11 is 12.0. The molecule has 0 saturated heterocycles. The Labute approximate surface area is 106 Å². The number of carbonyl (C=O) groups excluding carboxylic acids is 1. The lowest BCUT2D eigenvalue weighted by Crippen LogP contribution is -2.45. The molecule has 1 aliphatic carbocycles.